The summed E-state index contributed by atoms with van der Waals surface area (Å²) in [6.45, 7) is 2.92. The number of nitro groups is 1. The largest absolute Gasteiger partial charge is 0.486 e. The summed E-state index contributed by atoms with van der Waals surface area (Å²) in [6.07, 6.45) is -0.954. The lowest BCUT2D eigenvalue weighted by atomic mass is 10.1. The number of primary amides is 1. The monoisotopic (exact) mass is 346 g/mol. The van der Waals surface area contributed by atoms with E-state index in [-0.39, 0.29) is 23.6 Å². The molecule has 0 aliphatic carbocycles. The molecule has 0 heterocycles. The molecule has 0 fully saturated rings. The van der Waals surface area contributed by atoms with E-state index in [2.05, 4.69) is 15.9 Å². The predicted molar refractivity (Wildman–Crippen MR) is 75.3 cm³/mol. The van der Waals surface area contributed by atoms with E-state index in [9.17, 15) is 20.0 Å². The average molecular weight is 347 g/mol. The molecule has 3 N–H and O–H groups in total. The summed E-state index contributed by atoms with van der Waals surface area (Å²) in [4.78, 5) is 21.4. The first-order valence-electron chi connectivity index (χ1n) is 5.82. The van der Waals surface area contributed by atoms with Gasteiger partial charge in [-0.3, -0.25) is 14.9 Å². The van der Waals surface area contributed by atoms with Gasteiger partial charge in [-0.25, -0.2) is 0 Å². The first-order valence-corrected chi connectivity index (χ1v) is 6.61. The molecule has 0 radical (unpaired) electrons. The molecular weight excluding hydrogens is 332 g/mol. The van der Waals surface area contributed by atoms with E-state index in [4.69, 9.17) is 10.5 Å². The Bertz CT molecular complexity index is 533. The van der Waals surface area contributed by atoms with Crippen molar-refractivity contribution in [2.75, 3.05) is 6.61 Å². The summed E-state index contributed by atoms with van der Waals surface area (Å²) in [5.41, 5.74) is 5.09. The van der Waals surface area contributed by atoms with Gasteiger partial charge in [-0.1, -0.05) is 22.9 Å². The Morgan fingerprint density at radius 2 is 2.15 bits per heavy atom. The van der Waals surface area contributed by atoms with Crippen LogP contribution in [0.4, 0.5) is 5.69 Å². The van der Waals surface area contributed by atoms with E-state index < -0.39 is 22.9 Å². The molecule has 0 bridgehead atoms. The number of hydrogen-bond acceptors (Lipinski definition) is 5. The van der Waals surface area contributed by atoms with Crippen molar-refractivity contribution >= 4 is 27.5 Å². The summed E-state index contributed by atoms with van der Waals surface area (Å²) in [6, 6.07) is 2.80. The van der Waals surface area contributed by atoms with Crippen molar-refractivity contribution in [3.05, 3.63) is 32.3 Å². The quantitative estimate of drug-likeness (QED) is 0.602. The maximum Gasteiger partial charge on any atom is 0.312 e. The van der Waals surface area contributed by atoms with Gasteiger partial charge in [0.25, 0.3) is 0 Å². The number of hydrogen-bond donors (Lipinski definition) is 2. The fraction of sp³-hybridized carbons (Fsp3) is 0.417. The predicted octanol–water partition coefficient (Wildman–Crippen LogP) is 1.91. The second-order valence-corrected chi connectivity index (χ2v) is 5.31. The van der Waals surface area contributed by atoms with Crippen LogP contribution >= 0.6 is 15.9 Å². The third kappa shape index (κ3) is 3.91. The maximum absolute atomic E-state index is 11.1. The van der Waals surface area contributed by atoms with Crippen molar-refractivity contribution in [3.8, 4) is 5.75 Å². The third-order valence-corrected chi connectivity index (χ3v) is 3.13. The SMILES string of the molecule is CC(COc1c([C@@H](C)O)cc(Br)cc1[N+](=O)[O-])C(N)=O. The highest BCUT2D eigenvalue weighted by atomic mass is 79.9. The van der Waals surface area contributed by atoms with Gasteiger partial charge in [0.2, 0.25) is 11.7 Å². The molecule has 0 aliphatic heterocycles. The molecule has 0 saturated heterocycles. The Balaban J connectivity index is 3.19. The number of amides is 1. The van der Waals surface area contributed by atoms with Crippen molar-refractivity contribution < 1.29 is 19.6 Å². The Labute approximate surface area is 124 Å². The number of aliphatic hydroxyl groups excluding tert-OH is 1. The van der Waals surface area contributed by atoms with Crippen LogP contribution in [0.2, 0.25) is 0 Å². The van der Waals surface area contributed by atoms with Crippen LogP contribution in [0.15, 0.2) is 16.6 Å². The Morgan fingerprint density at radius 1 is 1.55 bits per heavy atom. The molecule has 1 rings (SSSR count). The Kier molecular flexibility index (Phi) is 5.46. The van der Waals surface area contributed by atoms with Crippen LogP contribution < -0.4 is 10.5 Å². The Morgan fingerprint density at radius 3 is 2.60 bits per heavy atom. The molecule has 1 unspecified atom stereocenters. The van der Waals surface area contributed by atoms with Crippen LogP contribution in [0.3, 0.4) is 0 Å². The average Bonchev–Trinajstić information content (AvgIpc) is 2.35. The standard InChI is InChI=1S/C12H15BrN2O5/c1-6(12(14)17)5-20-11-9(7(2)16)3-8(13)4-10(11)15(18)19/h3-4,6-7,16H,5H2,1-2H3,(H2,14,17)/t6?,7-/m1/s1. The van der Waals surface area contributed by atoms with E-state index in [1.54, 1.807) is 6.92 Å². The highest BCUT2D eigenvalue weighted by molar-refractivity contribution is 9.10. The van der Waals surface area contributed by atoms with Crippen molar-refractivity contribution in [1.29, 1.82) is 0 Å². The van der Waals surface area contributed by atoms with E-state index >= 15 is 0 Å². The fourth-order valence-corrected chi connectivity index (χ4v) is 1.96. The molecule has 1 amide bonds. The van der Waals surface area contributed by atoms with Gasteiger partial charge in [-0.05, 0) is 13.0 Å². The van der Waals surface area contributed by atoms with Crippen LogP contribution in [0, 0.1) is 16.0 Å². The van der Waals surface area contributed by atoms with Crippen LogP contribution in [0.25, 0.3) is 0 Å². The van der Waals surface area contributed by atoms with Gasteiger partial charge in [0.05, 0.1) is 23.6 Å². The number of rotatable bonds is 6. The number of halogens is 1. The molecule has 8 heteroatoms. The molecular formula is C12H15BrN2O5. The van der Waals surface area contributed by atoms with E-state index in [1.165, 1.54) is 19.1 Å². The van der Waals surface area contributed by atoms with Gasteiger partial charge in [-0.15, -0.1) is 0 Å². The molecule has 1 aromatic rings. The topological polar surface area (TPSA) is 116 Å². The van der Waals surface area contributed by atoms with Crippen LogP contribution in [0.5, 0.6) is 5.75 Å². The van der Waals surface area contributed by atoms with Crippen LogP contribution in [0.1, 0.15) is 25.5 Å². The second kappa shape index (κ2) is 6.67. The van der Waals surface area contributed by atoms with E-state index in [0.29, 0.717) is 4.47 Å². The summed E-state index contributed by atoms with van der Waals surface area (Å²) < 4.78 is 5.80. The van der Waals surface area contributed by atoms with Gasteiger partial charge in [0.1, 0.15) is 0 Å². The number of aliphatic hydroxyl groups is 1. The lowest BCUT2D eigenvalue weighted by Gasteiger charge is -2.15. The lowest BCUT2D eigenvalue weighted by Crippen LogP contribution is -2.26. The van der Waals surface area contributed by atoms with Crippen LogP contribution in [-0.4, -0.2) is 22.5 Å². The molecule has 7 nitrogen and oxygen atoms in total. The molecule has 0 spiro atoms. The van der Waals surface area contributed by atoms with Gasteiger partial charge in [-0.2, -0.15) is 0 Å². The van der Waals surface area contributed by atoms with Crippen molar-refractivity contribution in [2.24, 2.45) is 11.7 Å². The van der Waals surface area contributed by atoms with Crippen molar-refractivity contribution in [3.63, 3.8) is 0 Å². The normalized spacial score (nSPS) is 13.6. The van der Waals surface area contributed by atoms with E-state index in [0.717, 1.165) is 0 Å². The maximum atomic E-state index is 11.1. The molecule has 20 heavy (non-hydrogen) atoms. The summed E-state index contributed by atoms with van der Waals surface area (Å²) in [7, 11) is 0. The minimum Gasteiger partial charge on any atom is -0.486 e. The highest BCUT2D eigenvalue weighted by Gasteiger charge is 2.24. The first kappa shape index (κ1) is 16.4. The summed E-state index contributed by atoms with van der Waals surface area (Å²) in [5, 5.41) is 20.8. The number of nitrogens with zero attached hydrogens (tertiary/aromatic N) is 1. The molecule has 2 atom stereocenters. The van der Waals surface area contributed by atoms with Gasteiger partial charge < -0.3 is 15.6 Å². The minimum absolute atomic E-state index is 0.0544. The fourth-order valence-electron chi connectivity index (χ4n) is 1.49. The minimum atomic E-state index is -0.954. The number of carbonyl (C=O) groups excluding carboxylic acids is 1. The molecule has 0 aromatic heterocycles. The second-order valence-electron chi connectivity index (χ2n) is 4.39. The first-order chi connectivity index (χ1) is 9.23. The van der Waals surface area contributed by atoms with E-state index in [1.807, 2.05) is 0 Å². The molecule has 110 valence electrons. The number of carbonyl (C=O) groups is 1. The van der Waals surface area contributed by atoms with Crippen molar-refractivity contribution in [1.82, 2.24) is 0 Å². The number of benzene rings is 1. The summed E-state index contributed by atoms with van der Waals surface area (Å²) >= 11 is 3.14. The zero-order chi connectivity index (χ0) is 15.4. The molecule has 0 saturated carbocycles. The lowest BCUT2D eigenvalue weighted by molar-refractivity contribution is -0.386. The zero-order valence-electron chi connectivity index (χ0n) is 11.0. The number of nitrogens with two attached hydrogens (primary N) is 1. The zero-order valence-corrected chi connectivity index (χ0v) is 12.6. The van der Waals surface area contributed by atoms with Gasteiger partial charge in [0.15, 0.2) is 0 Å². The number of ether oxygens (including phenoxy) is 1. The van der Waals surface area contributed by atoms with Gasteiger partial charge in [0, 0.05) is 16.1 Å². The van der Waals surface area contributed by atoms with Gasteiger partial charge >= 0.3 is 5.69 Å². The van der Waals surface area contributed by atoms with Crippen LogP contribution in [-0.2, 0) is 4.79 Å². The molecule has 0 aliphatic rings. The molecule has 1 aromatic carbocycles. The van der Waals surface area contributed by atoms with Crippen molar-refractivity contribution in [2.45, 2.75) is 20.0 Å². The third-order valence-electron chi connectivity index (χ3n) is 2.67. The highest BCUT2D eigenvalue weighted by Crippen LogP contribution is 2.38. The smallest absolute Gasteiger partial charge is 0.312 e. The summed E-state index contributed by atoms with van der Waals surface area (Å²) in [5.74, 6) is -1.22. The number of nitro benzene ring substituents is 1. The Hall–Kier alpha value is -1.67.